The smallest absolute Gasteiger partial charge is 0.0338 e. The molecule has 0 heterocycles. The fourth-order valence-electron chi connectivity index (χ4n) is 1.48. The predicted octanol–water partition coefficient (Wildman–Crippen LogP) is 4.08. The number of rotatable bonds is 0. The van der Waals surface area contributed by atoms with E-state index >= 15 is 0 Å². The maximum atomic E-state index is 5.98. The van der Waals surface area contributed by atoms with Crippen molar-refractivity contribution in [1.29, 1.82) is 0 Å². The van der Waals surface area contributed by atoms with Gasteiger partial charge in [-0.1, -0.05) is 27.7 Å². The molecule has 3 atom stereocenters. The Morgan fingerprint density at radius 3 is 1.91 bits per heavy atom. The van der Waals surface area contributed by atoms with E-state index in [0.717, 1.165) is 11.8 Å². The fraction of sp³-hybridized carbons (Fsp3) is 1.00. The zero-order chi connectivity index (χ0) is 8.85. The van der Waals surface area contributed by atoms with Gasteiger partial charge in [-0.25, -0.2) is 0 Å². The minimum absolute atomic E-state index is 0.469. The van der Waals surface area contributed by atoms with Gasteiger partial charge < -0.3 is 0 Å². The third kappa shape index (κ3) is 4.00. The summed E-state index contributed by atoms with van der Waals surface area (Å²) in [5.74, 6) is 1.75. The molecule has 1 saturated carbocycles. The Hall–Kier alpha value is 0.290. The molecule has 3 unspecified atom stereocenters. The summed E-state index contributed by atoms with van der Waals surface area (Å²) in [7, 11) is 0. The van der Waals surface area contributed by atoms with E-state index in [9.17, 15) is 0 Å². The highest BCUT2D eigenvalue weighted by molar-refractivity contribution is 6.20. The van der Waals surface area contributed by atoms with Crippen molar-refractivity contribution in [3.8, 4) is 0 Å². The van der Waals surface area contributed by atoms with Gasteiger partial charge in [-0.3, -0.25) is 0 Å². The van der Waals surface area contributed by atoms with E-state index in [4.69, 9.17) is 11.6 Å². The Labute approximate surface area is 76.3 Å². The lowest BCUT2D eigenvalue weighted by Gasteiger charge is -2.28. The summed E-state index contributed by atoms with van der Waals surface area (Å²) in [6, 6.07) is 0. The first-order chi connectivity index (χ1) is 5.20. The summed E-state index contributed by atoms with van der Waals surface area (Å²) >= 11 is 5.98. The quantitative estimate of drug-likeness (QED) is 0.488. The zero-order valence-corrected chi connectivity index (χ0v) is 8.99. The Bertz CT molecular complexity index is 90.9. The molecular formula is C10H21Cl. The van der Waals surface area contributed by atoms with Crippen LogP contribution in [0.1, 0.15) is 47.0 Å². The molecule has 0 aromatic carbocycles. The second kappa shape index (κ2) is 5.88. The van der Waals surface area contributed by atoms with E-state index in [1.165, 1.54) is 19.3 Å². The van der Waals surface area contributed by atoms with Gasteiger partial charge in [-0.2, -0.15) is 0 Å². The Morgan fingerprint density at radius 1 is 1.00 bits per heavy atom. The average Bonchev–Trinajstić information content (AvgIpc) is 2.02. The Kier molecular flexibility index (Phi) is 6.03. The maximum absolute atomic E-state index is 5.98. The van der Waals surface area contributed by atoms with Crippen LogP contribution in [0.3, 0.4) is 0 Å². The van der Waals surface area contributed by atoms with Crippen LogP contribution in [-0.4, -0.2) is 5.38 Å². The van der Waals surface area contributed by atoms with Crippen molar-refractivity contribution in [2.45, 2.75) is 52.3 Å². The van der Waals surface area contributed by atoms with Gasteiger partial charge in [-0.15, -0.1) is 11.6 Å². The summed E-state index contributed by atoms with van der Waals surface area (Å²) in [4.78, 5) is 0. The summed E-state index contributed by atoms with van der Waals surface area (Å²) < 4.78 is 0. The molecule has 0 amide bonds. The standard InChI is InChI=1S/C8H15Cl.C2H6/c1-6-3-4-8(9)5-7(6)2;1-2/h6-8H,3-5H2,1-2H3;1-2H3. The molecule has 0 bridgehead atoms. The van der Waals surface area contributed by atoms with E-state index in [1.54, 1.807) is 0 Å². The first-order valence-electron chi connectivity index (χ1n) is 4.84. The summed E-state index contributed by atoms with van der Waals surface area (Å²) in [5, 5.41) is 0.469. The van der Waals surface area contributed by atoms with Crippen LogP contribution in [0.5, 0.6) is 0 Å². The highest BCUT2D eigenvalue weighted by Crippen LogP contribution is 2.31. The third-order valence-corrected chi connectivity index (χ3v) is 2.93. The molecule has 0 aliphatic heterocycles. The highest BCUT2D eigenvalue weighted by atomic mass is 35.5. The van der Waals surface area contributed by atoms with Gasteiger partial charge in [-0.05, 0) is 31.1 Å². The predicted molar refractivity (Wildman–Crippen MR) is 53.2 cm³/mol. The monoisotopic (exact) mass is 176 g/mol. The molecule has 1 heteroatoms. The number of hydrogen-bond acceptors (Lipinski definition) is 0. The van der Waals surface area contributed by atoms with Gasteiger partial charge in [0, 0.05) is 5.38 Å². The molecule has 0 N–H and O–H groups in total. The molecule has 0 aromatic heterocycles. The molecule has 1 aliphatic rings. The van der Waals surface area contributed by atoms with Crippen molar-refractivity contribution in [3.05, 3.63) is 0 Å². The van der Waals surface area contributed by atoms with Crippen LogP contribution in [0.15, 0.2) is 0 Å². The SMILES string of the molecule is CC.CC1CCC(Cl)CC1C. The van der Waals surface area contributed by atoms with Gasteiger partial charge in [0.2, 0.25) is 0 Å². The van der Waals surface area contributed by atoms with Crippen molar-refractivity contribution in [3.63, 3.8) is 0 Å². The molecular weight excluding hydrogens is 156 g/mol. The molecule has 0 spiro atoms. The summed E-state index contributed by atoms with van der Waals surface area (Å²) in [6.45, 7) is 8.63. The number of halogens is 1. The minimum Gasteiger partial charge on any atom is -0.123 e. The van der Waals surface area contributed by atoms with Gasteiger partial charge in [0.25, 0.3) is 0 Å². The van der Waals surface area contributed by atoms with Crippen molar-refractivity contribution in [1.82, 2.24) is 0 Å². The van der Waals surface area contributed by atoms with Crippen LogP contribution in [0.25, 0.3) is 0 Å². The average molecular weight is 177 g/mol. The van der Waals surface area contributed by atoms with Gasteiger partial charge in [0.15, 0.2) is 0 Å². The lowest BCUT2D eigenvalue weighted by molar-refractivity contribution is 0.281. The first kappa shape index (κ1) is 11.3. The second-order valence-electron chi connectivity index (χ2n) is 3.36. The van der Waals surface area contributed by atoms with Gasteiger partial charge in [0.05, 0.1) is 0 Å². The topological polar surface area (TPSA) is 0 Å². The molecule has 68 valence electrons. The van der Waals surface area contributed by atoms with Crippen LogP contribution in [0.2, 0.25) is 0 Å². The molecule has 0 aromatic rings. The van der Waals surface area contributed by atoms with Crippen LogP contribution in [0, 0.1) is 11.8 Å². The molecule has 1 fully saturated rings. The fourth-order valence-corrected chi connectivity index (χ4v) is 1.89. The molecule has 1 rings (SSSR count). The minimum atomic E-state index is 0.469. The maximum Gasteiger partial charge on any atom is 0.0338 e. The van der Waals surface area contributed by atoms with E-state index in [0.29, 0.717) is 5.38 Å². The number of alkyl halides is 1. The number of hydrogen-bond donors (Lipinski definition) is 0. The lowest BCUT2D eigenvalue weighted by Crippen LogP contribution is -2.20. The van der Waals surface area contributed by atoms with E-state index in [2.05, 4.69) is 13.8 Å². The molecule has 0 radical (unpaired) electrons. The summed E-state index contributed by atoms with van der Waals surface area (Å²) in [5.41, 5.74) is 0. The van der Waals surface area contributed by atoms with Crippen molar-refractivity contribution in [2.75, 3.05) is 0 Å². The van der Waals surface area contributed by atoms with Crippen LogP contribution < -0.4 is 0 Å². The molecule has 0 nitrogen and oxygen atoms in total. The van der Waals surface area contributed by atoms with E-state index < -0.39 is 0 Å². The second-order valence-corrected chi connectivity index (χ2v) is 3.98. The first-order valence-corrected chi connectivity index (χ1v) is 5.28. The molecule has 11 heavy (non-hydrogen) atoms. The van der Waals surface area contributed by atoms with Crippen LogP contribution >= 0.6 is 11.6 Å². The molecule has 1 aliphatic carbocycles. The normalized spacial score (nSPS) is 37.4. The van der Waals surface area contributed by atoms with E-state index in [1.807, 2.05) is 13.8 Å². The third-order valence-electron chi connectivity index (χ3n) is 2.53. The van der Waals surface area contributed by atoms with Crippen molar-refractivity contribution >= 4 is 11.6 Å². The van der Waals surface area contributed by atoms with Crippen LogP contribution in [-0.2, 0) is 0 Å². The van der Waals surface area contributed by atoms with Crippen molar-refractivity contribution in [2.24, 2.45) is 11.8 Å². The van der Waals surface area contributed by atoms with Crippen molar-refractivity contribution < 1.29 is 0 Å². The highest BCUT2D eigenvalue weighted by Gasteiger charge is 2.22. The van der Waals surface area contributed by atoms with E-state index in [-0.39, 0.29) is 0 Å². The zero-order valence-electron chi connectivity index (χ0n) is 8.23. The largest absolute Gasteiger partial charge is 0.123 e. The lowest BCUT2D eigenvalue weighted by atomic mass is 9.82. The summed E-state index contributed by atoms with van der Waals surface area (Å²) in [6.07, 6.45) is 3.78. The Balaban J connectivity index is 0.000000461. The van der Waals surface area contributed by atoms with Crippen LogP contribution in [0.4, 0.5) is 0 Å². The van der Waals surface area contributed by atoms with Gasteiger partial charge >= 0.3 is 0 Å². The van der Waals surface area contributed by atoms with Gasteiger partial charge in [0.1, 0.15) is 0 Å². The molecule has 0 saturated heterocycles. The Morgan fingerprint density at radius 2 is 1.55 bits per heavy atom.